The van der Waals surface area contributed by atoms with E-state index in [1.54, 1.807) is 35.1 Å². The molecule has 0 fully saturated rings. The lowest BCUT2D eigenvalue weighted by atomic mass is 10.2. The van der Waals surface area contributed by atoms with Gasteiger partial charge in [-0.2, -0.15) is 0 Å². The van der Waals surface area contributed by atoms with Crippen LogP contribution in [0.2, 0.25) is 0 Å². The number of carbonyl (C=O) groups excluding carboxylic acids is 1. The standard InChI is InChI=1S/C17H15N3O2/c1-13-7-5-6-10-16(13)20-11-15(18-19-20)12-22-17(21)14-8-3-2-4-9-14/h2-11H,12H2,1H3. The molecule has 0 atom stereocenters. The van der Waals surface area contributed by atoms with Gasteiger partial charge in [-0.3, -0.25) is 0 Å². The van der Waals surface area contributed by atoms with E-state index in [4.69, 9.17) is 4.74 Å². The third kappa shape index (κ3) is 3.03. The molecule has 22 heavy (non-hydrogen) atoms. The monoisotopic (exact) mass is 293 g/mol. The summed E-state index contributed by atoms with van der Waals surface area (Å²) in [5.74, 6) is -0.369. The van der Waals surface area contributed by atoms with Crippen molar-refractivity contribution in [3.63, 3.8) is 0 Å². The predicted octanol–water partition coefficient (Wildman–Crippen LogP) is 2.93. The van der Waals surface area contributed by atoms with Crippen molar-refractivity contribution in [1.82, 2.24) is 15.0 Å². The number of esters is 1. The van der Waals surface area contributed by atoms with Crippen LogP contribution in [-0.4, -0.2) is 21.0 Å². The van der Waals surface area contributed by atoms with Gasteiger partial charge in [0.2, 0.25) is 0 Å². The molecule has 3 aromatic rings. The van der Waals surface area contributed by atoms with Crippen LogP contribution in [0.25, 0.3) is 5.69 Å². The molecule has 0 N–H and O–H groups in total. The summed E-state index contributed by atoms with van der Waals surface area (Å²) >= 11 is 0. The van der Waals surface area contributed by atoms with Crippen LogP contribution in [0.1, 0.15) is 21.6 Å². The number of para-hydroxylation sites is 1. The molecule has 0 radical (unpaired) electrons. The highest BCUT2D eigenvalue weighted by Gasteiger charge is 2.09. The first-order valence-electron chi connectivity index (χ1n) is 6.93. The topological polar surface area (TPSA) is 57.0 Å². The van der Waals surface area contributed by atoms with Crippen molar-refractivity contribution in [2.24, 2.45) is 0 Å². The van der Waals surface area contributed by atoms with E-state index in [2.05, 4.69) is 10.3 Å². The zero-order valence-electron chi connectivity index (χ0n) is 12.1. The van der Waals surface area contributed by atoms with Crippen LogP contribution in [0.15, 0.2) is 60.8 Å². The van der Waals surface area contributed by atoms with Crippen LogP contribution < -0.4 is 0 Å². The van der Waals surface area contributed by atoms with E-state index >= 15 is 0 Å². The SMILES string of the molecule is Cc1ccccc1-n1cc(COC(=O)c2ccccc2)nn1. The second-order valence-electron chi connectivity index (χ2n) is 4.88. The van der Waals surface area contributed by atoms with Crippen molar-refractivity contribution in [3.8, 4) is 5.69 Å². The van der Waals surface area contributed by atoms with E-state index in [1.807, 2.05) is 37.3 Å². The van der Waals surface area contributed by atoms with Crippen molar-refractivity contribution >= 4 is 5.97 Å². The highest BCUT2D eigenvalue weighted by Crippen LogP contribution is 2.12. The number of hydrogen-bond donors (Lipinski definition) is 0. The third-order valence-electron chi connectivity index (χ3n) is 3.26. The maximum absolute atomic E-state index is 11.9. The van der Waals surface area contributed by atoms with E-state index in [-0.39, 0.29) is 12.6 Å². The lowest BCUT2D eigenvalue weighted by Crippen LogP contribution is -2.05. The Kier molecular flexibility index (Phi) is 3.96. The van der Waals surface area contributed by atoms with Crippen molar-refractivity contribution in [2.75, 3.05) is 0 Å². The van der Waals surface area contributed by atoms with Crippen molar-refractivity contribution in [1.29, 1.82) is 0 Å². The molecule has 110 valence electrons. The van der Waals surface area contributed by atoms with Gasteiger partial charge < -0.3 is 4.74 Å². The summed E-state index contributed by atoms with van der Waals surface area (Å²) in [6, 6.07) is 16.8. The molecule has 1 heterocycles. The highest BCUT2D eigenvalue weighted by atomic mass is 16.5. The molecule has 0 aliphatic carbocycles. The average molecular weight is 293 g/mol. The van der Waals surface area contributed by atoms with Gasteiger partial charge in [-0.15, -0.1) is 5.10 Å². The molecule has 5 heteroatoms. The molecule has 0 spiro atoms. The Morgan fingerprint density at radius 3 is 2.59 bits per heavy atom. The first-order chi connectivity index (χ1) is 10.7. The Bertz CT molecular complexity index is 781. The van der Waals surface area contributed by atoms with Gasteiger partial charge in [0.25, 0.3) is 0 Å². The molecular formula is C17H15N3O2. The summed E-state index contributed by atoms with van der Waals surface area (Å²) in [6.45, 7) is 2.10. The van der Waals surface area contributed by atoms with E-state index in [1.165, 1.54) is 0 Å². The Labute approximate surface area is 128 Å². The minimum Gasteiger partial charge on any atom is -0.455 e. The minimum atomic E-state index is -0.369. The summed E-state index contributed by atoms with van der Waals surface area (Å²) in [5.41, 5.74) is 3.18. The fourth-order valence-corrected chi connectivity index (χ4v) is 2.10. The van der Waals surface area contributed by atoms with Crippen molar-refractivity contribution in [3.05, 3.63) is 77.6 Å². The second kappa shape index (κ2) is 6.22. The van der Waals surface area contributed by atoms with Gasteiger partial charge >= 0.3 is 5.97 Å². The quantitative estimate of drug-likeness (QED) is 0.694. The molecule has 0 saturated heterocycles. The maximum Gasteiger partial charge on any atom is 0.338 e. The van der Waals surface area contributed by atoms with Gasteiger partial charge in [0.1, 0.15) is 12.3 Å². The summed E-state index contributed by atoms with van der Waals surface area (Å²) in [6.07, 6.45) is 1.76. The molecule has 0 bridgehead atoms. The fraction of sp³-hybridized carbons (Fsp3) is 0.118. The van der Waals surface area contributed by atoms with Gasteiger partial charge in [-0.25, -0.2) is 9.48 Å². The Morgan fingerprint density at radius 2 is 1.82 bits per heavy atom. The molecule has 1 aromatic heterocycles. The zero-order valence-corrected chi connectivity index (χ0v) is 12.1. The number of benzene rings is 2. The number of aromatic nitrogens is 3. The molecule has 0 saturated carbocycles. The summed E-state index contributed by atoms with van der Waals surface area (Å²) in [7, 11) is 0. The summed E-state index contributed by atoms with van der Waals surface area (Å²) < 4.78 is 6.92. The summed E-state index contributed by atoms with van der Waals surface area (Å²) in [5, 5.41) is 8.11. The van der Waals surface area contributed by atoms with Crippen molar-refractivity contribution < 1.29 is 9.53 Å². The first-order valence-corrected chi connectivity index (χ1v) is 6.93. The largest absolute Gasteiger partial charge is 0.455 e. The van der Waals surface area contributed by atoms with Gasteiger partial charge in [-0.05, 0) is 30.7 Å². The van der Waals surface area contributed by atoms with E-state index in [0.29, 0.717) is 11.3 Å². The van der Waals surface area contributed by atoms with Gasteiger partial charge in [0.15, 0.2) is 0 Å². The van der Waals surface area contributed by atoms with E-state index in [0.717, 1.165) is 11.3 Å². The number of carbonyl (C=O) groups is 1. The average Bonchev–Trinajstić information content (AvgIpc) is 3.02. The zero-order chi connectivity index (χ0) is 15.4. The lowest BCUT2D eigenvalue weighted by molar-refractivity contribution is 0.0467. The Hall–Kier alpha value is -2.95. The highest BCUT2D eigenvalue weighted by molar-refractivity contribution is 5.89. The van der Waals surface area contributed by atoms with Gasteiger partial charge in [-0.1, -0.05) is 41.6 Å². The Morgan fingerprint density at radius 1 is 1.09 bits per heavy atom. The van der Waals surface area contributed by atoms with Crippen LogP contribution in [0.4, 0.5) is 0 Å². The van der Waals surface area contributed by atoms with Crippen molar-refractivity contribution in [2.45, 2.75) is 13.5 Å². The number of ether oxygens (including phenoxy) is 1. The molecule has 0 unspecified atom stereocenters. The third-order valence-corrected chi connectivity index (χ3v) is 3.26. The number of rotatable bonds is 4. The molecular weight excluding hydrogens is 278 g/mol. The van der Waals surface area contributed by atoms with E-state index in [9.17, 15) is 4.79 Å². The van der Waals surface area contributed by atoms with Gasteiger partial charge in [0.05, 0.1) is 17.4 Å². The summed E-state index contributed by atoms with van der Waals surface area (Å²) in [4.78, 5) is 11.9. The normalized spacial score (nSPS) is 10.4. The molecule has 0 amide bonds. The Balaban J connectivity index is 1.68. The smallest absolute Gasteiger partial charge is 0.338 e. The minimum absolute atomic E-state index is 0.0968. The second-order valence-corrected chi connectivity index (χ2v) is 4.88. The predicted molar refractivity (Wildman–Crippen MR) is 81.7 cm³/mol. The number of hydrogen-bond acceptors (Lipinski definition) is 4. The number of nitrogens with zero attached hydrogens (tertiary/aromatic N) is 3. The first kappa shape index (κ1) is 14.0. The van der Waals surface area contributed by atoms with Crippen LogP contribution >= 0.6 is 0 Å². The van der Waals surface area contributed by atoms with Crippen LogP contribution in [0.5, 0.6) is 0 Å². The van der Waals surface area contributed by atoms with Crippen LogP contribution in [0, 0.1) is 6.92 Å². The van der Waals surface area contributed by atoms with Crippen LogP contribution in [0.3, 0.4) is 0 Å². The molecule has 0 aliphatic rings. The molecule has 3 rings (SSSR count). The molecule has 5 nitrogen and oxygen atoms in total. The fourth-order valence-electron chi connectivity index (χ4n) is 2.10. The van der Waals surface area contributed by atoms with Gasteiger partial charge in [0, 0.05) is 0 Å². The number of aryl methyl sites for hydroxylation is 1. The molecule has 0 aliphatic heterocycles. The molecule has 2 aromatic carbocycles. The van der Waals surface area contributed by atoms with Crippen LogP contribution in [-0.2, 0) is 11.3 Å². The van der Waals surface area contributed by atoms with E-state index < -0.39 is 0 Å². The maximum atomic E-state index is 11.9. The lowest BCUT2D eigenvalue weighted by Gasteiger charge is -2.03.